The molecular formula is C13H14N4O. The Morgan fingerprint density at radius 1 is 1.22 bits per heavy atom. The van der Waals surface area contributed by atoms with Gasteiger partial charge in [-0.1, -0.05) is 13.2 Å². The Bertz CT molecular complexity index is 603. The maximum atomic E-state index is 9.94. The second-order valence-electron chi connectivity index (χ2n) is 3.89. The molecule has 5 nitrogen and oxygen atoms in total. The molecule has 0 saturated carbocycles. The third kappa shape index (κ3) is 1.86. The summed E-state index contributed by atoms with van der Waals surface area (Å²) in [5.74, 6) is -0.0400. The van der Waals surface area contributed by atoms with Gasteiger partial charge in [0.05, 0.1) is 5.69 Å². The topological polar surface area (TPSA) is 77.0 Å². The summed E-state index contributed by atoms with van der Waals surface area (Å²) in [5.41, 5.74) is 8.55. The van der Waals surface area contributed by atoms with Crippen LogP contribution >= 0.6 is 0 Å². The first kappa shape index (κ1) is 11.9. The highest BCUT2D eigenvalue weighted by molar-refractivity contribution is 5.64. The first-order chi connectivity index (χ1) is 8.56. The number of aromatic nitrogens is 3. The minimum Gasteiger partial charge on any atom is -0.504 e. The van der Waals surface area contributed by atoms with Crippen LogP contribution in [-0.4, -0.2) is 20.1 Å². The molecule has 1 heterocycles. The minimum absolute atomic E-state index is 0.0400. The summed E-state index contributed by atoms with van der Waals surface area (Å²) < 4.78 is 0. The van der Waals surface area contributed by atoms with Crippen LogP contribution in [0.1, 0.15) is 17.0 Å². The molecule has 0 radical (unpaired) electrons. The zero-order valence-corrected chi connectivity index (χ0v) is 10.1. The number of nitrogens with two attached hydrogens (primary N) is 1. The zero-order valence-electron chi connectivity index (χ0n) is 10.1. The van der Waals surface area contributed by atoms with Crippen molar-refractivity contribution in [3.05, 3.63) is 42.2 Å². The average molecular weight is 242 g/mol. The summed E-state index contributed by atoms with van der Waals surface area (Å²) in [6.45, 7) is 9.19. The lowest BCUT2D eigenvalue weighted by Crippen LogP contribution is -2.02. The van der Waals surface area contributed by atoms with E-state index in [4.69, 9.17) is 5.73 Å². The molecule has 18 heavy (non-hydrogen) atoms. The Morgan fingerprint density at radius 3 is 2.28 bits per heavy atom. The van der Waals surface area contributed by atoms with E-state index in [1.54, 1.807) is 24.3 Å². The molecule has 5 heteroatoms. The molecule has 2 rings (SSSR count). The van der Waals surface area contributed by atoms with Gasteiger partial charge in [-0.15, -0.1) is 15.0 Å². The Kier molecular flexibility index (Phi) is 2.89. The van der Waals surface area contributed by atoms with Crippen LogP contribution in [0.3, 0.4) is 0 Å². The highest BCUT2D eigenvalue weighted by atomic mass is 16.3. The van der Waals surface area contributed by atoms with Gasteiger partial charge in [0.15, 0.2) is 5.75 Å². The molecule has 1 aromatic carbocycles. The zero-order chi connectivity index (χ0) is 13.3. The summed E-state index contributed by atoms with van der Waals surface area (Å²) in [5, 5.41) is 18.4. The molecule has 1 aromatic heterocycles. The number of phenolic OH excluding ortho intramolecular Hbond substituents is 1. The molecule has 0 unspecified atom stereocenters. The van der Waals surface area contributed by atoms with Gasteiger partial charge in [0, 0.05) is 0 Å². The molecule has 0 spiro atoms. The summed E-state index contributed by atoms with van der Waals surface area (Å²) >= 11 is 0. The molecule has 0 atom stereocenters. The predicted octanol–water partition coefficient (Wildman–Crippen LogP) is 2.15. The van der Waals surface area contributed by atoms with E-state index in [9.17, 15) is 5.11 Å². The normalized spacial score (nSPS) is 10.3. The van der Waals surface area contributed by atoms with Crippen LogP contribution in [0.4, 0.5) is 5.69 Å². The van der Waals surface area contributed by atoms with E-state index in [1.165, 1.54) is 4.80 Å². The molecule has 92 valence electrons. The SMILES string of the molecule is C=Cc1nn(-c2cc(C)cc(N)c2O)nc1C=C. The third-order valence-corrected chi connectivity index (χ3v) is 2.53. The van der Waals surface area contributed by atoms with E-state index in [0.717, 1.165) is 5.56 Å². The molecule has 0 bridgehead atoms. The molecule has 2 aromatic rings. The maximum absolute atomic E-state index is 9.94. The van der Waals surface area contributed by atoms with Crippen LogP contribution < -0.4 is 5.73 Å². The first-order valence-electron chi connectivity index (χ1n) is 5.38. The molecule has 0 aliphatic heterocycles. The summed E-state index contributed by atoms with van der Waals surface area (Å²) in [4.78, 5) is 1.33. The van der Waals surface area contributed by atoms with Crippen LogP contribution in [0.2, 0.25) is 0 Å². The van der Waals surface area contributed by atoms with E-state index in [0.29, 0.717) is 22.8 Å². The smallest absolute Gasteiger partial charge is 0.166 e. The van der Waals surface area contributed by atoms with Crippen molar-refractivity contribution in [1.82, 2.24) is 15.0 Å². The molecule has 3 N–H and O–H groups in total. The van der Waals surface area contributed by atoms with Gasteiger partial charge in [0.25, 0.3) is 0 Å². The van der Waals surface area contributed by atoms with Gasteiger partial charge in [-0.2, -0.15) is 0 Å². The number of rotatable bonds is 3. The van der Waals surface area contributed by atoms with Crippen molar-refractivity contribution < 1.29 is 5.11 Å². The summed E-state index contributed by atoms with van der Waals surface area (Å²) in [6, 6.07) is 3.44. The van der Waals surface area contributed by atoms with Crippen LogP contribution in [-0.2, 0) is 0 Å². The van der Waals surface area contributed by atoms with Crippen molar-refractivity contribution in [1.29, 1.82) is 0 Å². The van der Waals surface area contributed by atoms with Gasteiger partial charge in [-0.3, -0.25) is 0 Å². The van der Waals surface area contributed by atoms with Crippen LogP contribution in [0.25, 0.3) is 17.8 Å². The third-order valence-electron chi connectivity index (χ3n) is 2.53. The fourth-order valence-corrected chi connectivity index (χ4v) is 1.67. The number of aromatic hydroxyl groups is 1. The Morgan fingerprint density at radius 2 is 1.78 bits per heavy atom. The molecular weight excluding hydrogens is 228 g/mol. The molecule has 0 fully saturated rings. The van der Waals surface area contributed by atoms with Gasteiger partial charge < -0.3 is 10.8 Å². The molecule has 0 amide bonds. The Balaban J connectivity index is 2.65. The second kappa shape index (κ2) is 4.37. The number of anilines is 1. The second-order valence-corrected chi connectivity index (χ2v) is 3.89. The van der Waals surface area contributed by atoms with Gasteiger partial charge in [0.1, 0.15) is 17.1 Å². The Hall–Kier alpha value is -2.56. The van der Waals surface area contributed by atoms with E-state index in [-0.39, 0.29) is 5.75 Å². The summed E-state index contributed by atoms with van der Waals surface area (Å²) in [6.07, 6.45) is 3.16. The molecule has 0 aliphatic carbocycles. The Labute approximate surface area is 105 Å². The van der Waals surface area contributed by atoms with E-state index >= 15 is 0 Å². The minimum atomic E-state index is -0.0400. The fraction of sp³-hybridized carbons (Fsp3) is 0.0769. The van der Waals surface area contributed by atoms with Gasteiger partial charge in [0.2, 0.25) is 0 Å². The van der Waals surface area contributed by atoms with Crippen molar-refractivity contribution in [3.63, 3.8) is 0 Å². The van der Waals surface area contributed by atoms with Crippen molar-refractivity contribution in [2.24, 2.45) is 0 Å². The fourth-order valence-electron chi connectivity index (χ4n) is 1.67. The van der Waals surface area contributed by atoms with Gasteiger partial charge in [-0.25, -0.2) is 0 Å². The number of hydrogen-bond donors (Lipinski definition) is 2. The lowest BCUT2D eigenvalue weighted by Gasteiger charge is -2.07. The summed E-state index contributed by atoms with van der Waals surface area (Å²) in [7, 11) is 0. The van der Waals surface area contributed by atoms with Crippen molar-refractivity contribution in [2.75, 3.05) is 5.73 Å². The lowest BCUT2D eigenvalue weighted by molar-refractivity contribution is 0.470. The van der Waals surface area contributed by atoms with Crippen LogP contribution in [0, 0.1) is 6.92 Å². The van der Waals surface area contributed by atoms with Crippen LogP contribution in [0.15, 0.2) is 25.3 Å². The van der Waals surface area contributed by atoms with Gasteiger partial charge in [-0.05, 0) is 36.8 Å². The largest absolute Gasteiger partial charge is 0.504 e. The van der Waals surface area contributed by atoms with E-state index in [2.05, 4.69) is 23.4 Å². The number of benzene rings is 1. The monoisotopic (exact) mass is 242 g/mol. The van der Waals surface area contributed by atoms with Crippen molar-refractivity contribution >= 4 is 17.8 Å². The molecule has 0 saturated heterocycles. The lowest BCUT2D eigenvalue weighted by atomic mass is 10.2. The quantitative estimate of drug-likeness (QED) is 0.638. The number of hydrogen-bond acceptors (Lipinski definition) is 4. The number of aryl methyl sites for hydroxylation is 1. The average Bonchev–Trinajstić information content (AvgIpc) is 2.76. The van der Waals surface area contributed by atoms with Gasteiger partial charge >= 0.3 is 0 Å². The van der Waals surface area contributed by atoms with E-state index in [1.807, 2.05) is 6.92 Å². The van der Waals surface area contributed by atoms with Crippen molar-refractivity contribution in [3.8, 4) is 11.4 Å². The highest BCUT2D eigenvalue weighted by Crippen LogP contribution is 2.29. The standard InChI is InChI=1S/C13H14N4O/c1-4-10-11(5-2)16-17(15-10)12-7-8(3)6-9(14)13(12)18/h4-7,18H,1-2,14H2,3H3. The highest BCUT2D eigenvalue weighted by Gasteiger charge is 2.13. The van der Waals surface area contributed by atoms with Crippen molar-refractivity contribution in [2.45, 2.75) is 6.92 Å². The number of nitrogen functional groups attached to an aromatic ring is 1. The van der Waals surface area contributed by atoms with E-state index < -0.39 is 0 Å². The number of phenols is 1. The first-order valence-corrected chi connectivity index (χ1v) is 5.38. The van der Waals surface area contributed by atoms with Crippen LogP contribution in [0.5, 0.6) is 5.75 Å². The predicted molar refractivity (Wildman–Crippen MR) is 72.4 cm³/mol. The molecule has 0 aliphatic rings. The number of nitrogens with zero attached hydrogens (tertiary/aromatic N) is 3. The maximum Gasteiger partial charge on any atom is 0.166 e.